The van der Waals surface area contributed by atoms with Gasteiger partial charge in [0.1, 0.15) is 0 Å². The molecule has 1 saturated heterocycles. The number of aromatic amines is 1. The van der Waals surface area contributed by atoms with Crippen LogP contribution in [0.2, 0.25) is 5.02 Å². The first-order valence-corrected chi connectivity index (χ1v) is 11.4. The normalized spacial score (nSPS) is 16.5. The zero-order valence-corrected chi connectivity index (χ0v) is 18.5. The molecule has 2 aromatic heterocycles. The number of H-pyrrole nitrogens is 1. The van der Waals surface area contributed by atoms with E-state index in [-0.39, 0.29) is 24.2 Å². The second kappa shape index (κ2) is 7.98. The van der Waals surface area contributed by atoms with E-state index in [0.717, 1.165) is 32.2 Å². The number of aromatic nitrogens is 2. The number of thiazole rings is 1. The Morgan fingerprint density at radius 1 is 1.32 bits per heavy atom. The first kappa shape index (κ1) is 20.0. The van der Waals surface area contributed by atoms with E-state index < -0.39 is 0 Å². The molecule has 0 radical (unpaired) electrons. The van der Waals surface area contributed by atoms with E-state index in [2.05, 4.69) is 21.4 Å². The lowest BCUT2D eigenvalue weighted by Crippen LogP contribution is -2.29. The average Bonchev–Trinajstić information content (AvgIpc) is 3.42. The summed E-state index contributed by atoms with van der Waals surface area (Å²) in [6, 6.07) is 11.7. The molecule has 1 fully saturated rings. The quantitative estimate of drug-likeness (QED) is 0.458. The minimum absolute atomic E-state index is 0.0120. The number of benzene rings is 2. The van der Waals surface area contributed by atoms with E-state index in [0.29, 0.717) is 29.7 Å². The number of aryl methyl sites for hydroxylation is 1. The number of nitrogens with one attached hydrogen (secondary N) is 2. The zero-order chi connectivity index (χ0) is 21.5. The van der Waals surface area contributed by atoms with Crippen LogP contribution in [0.15, 0.2) is 42.6 Å². The number of hydrogen-bond acceptors (Lipinski definition) is 4. The summed E-state index contributed by atoms with van der Waals surface area (Å²) in [4.78, 5) is 34.7. The Hall–Kier alpha value is -2.90. The van der Waals surface area contributed by atoms with Crippen LogP contribution in [0.5, 0.6) is 0 Å². The second-order valence-corrected chi connectivity index (χ2v) is 9.44. The molecular formula is C23H21ClN4O2S. The fourth-order valence-electron chi connectivity index (χ4n) is 4.07. The molecule has 0 spiro atoms. The third-order valence-corrected chi connectivity index (χ3v) is 6.91. The van der Waals surface area contributed by atoms with Gasteiger partial charge in [0, 0.05) is 41.6 Å². The molecule has 3 heterocycles. The Balaban J connectivity index is 1.22. The fourth-order valence-corrected chi connectivity index (χ4v) is 5.21. The molecule has 158 valence electrons. The Morgan fingerprint density at radius 3 is 3.06 bits per heavy atom. The maximum absolute atomic E-state index is 12.8. The molecule has 0 aliphatic carbocycles. The number of carbonyl (C=O) groups excluding carboxylic acids is 2. The standard InChI is InChI=1S/C23H21ClN4O2S/c1-13-2-4-19-20(8-13)31-23(26-19)27-22(30)15-9-21(29)28(12-15)7-6-14-11-25-18-5-3-16(24)10-17(14)18/h2-5,8,10-11,15,25H,6-7,9,12H2,1H3,(H,26,27,30). The first-order chi connectivity index (χ1) is 15.0. The Morgan fingerprint density at radius 2 is 2.19 bits per heavy atom. The van der Waals surface area contributed by atoms with Gasteiger partial charge in [-0.2, -0.15) is 0 Å². The summed E-state index contributed by atoms with van der Waals surface area (Å²) >= 11 is 7.58. The summed E-state index contributed by atoms with van der Waals surface area (Å²) in [7, 11) is 0. The van der Waals surface area contributed by atoms with Gasteiger partial charge in [-0.3, -0.25) is 9.59 Å². The monoisotopic (exact) mass is 452 g/mol. The van der Waals surface area contributed by atoms with Crippen molar-refractivity contribution in [2.45, 2.75) is 19.8 Å². The minimum Gasteiger partial charge on any atom is -0.361 e. The maximum atomic E-state index is 12.8. The molecule has 1 unspecified atom stereocenters. The van der Waals surface area contributed by atoms with Gasteiger partial charge in [0.05, 0.1) is 16.1 Å². The Labute approximate surface area is 188 Å². The van der Waals surface area contributed by atoms with Crippen molar-refractivity contribution in [3.63, 3.8) is 0 Å². The van der Waals surface area contributed by atoms with Crippen molar-refractivity contribution in [3.8, 4) is 0 Å². The molecule has 31 heavy (non-hydrogen) atoms. The molecule has 1 atom stereocenters. The predicted octanol–water partition coefficient (Wildman–Crippen LogP) is 4.77. The lowest BCUT2D eigenvalue weighted by Gasteiger charge is -2.16. The van der Waals surface area contributed by atoms with E-state index in [9.17, 15) is 9.59 Å². The largest absolute Gasteiger partial charge is 0.361 e. The molecule has 5 rings (SSSR count). The molecule has 0 bridgehead atoms. The molecule has 2 aromatic carbocycles. The van der Waals surface area contributed by atoms with Gasteiger partial charge in [-0.05, 0) is 54.8 Å². The highest BCUT2D eigenvalue weighted by atomic mass is 35.5. The van der Waals surface area contributed by atoms with Crippen molar-refractivity contribution in [1.82, 2.24) is 14.9 Å². The number of hydrogen-bond donors (Lipinski definition) is 2. The molecule has 4 aromatic rings. The number of carbonyl (C=O) groups is 2. The van der Waals surface area contributed by atoms with Crippen LogP contribution < -0.4 is 5.32 Å². The Kier molecular flexibility index (Phi) is 5.16. The molecule has 2 N–H and O–H groups in total. The van der Waals surface area contributed by atoms with Crippen LogP contribution in [-0.2, 0) is 16.0 Å². The van der Waals surface area contributed by atoms with Gasteiger partial charge in [0.15, 0.2) is 5.13 Å². The number of fused-ring (bicyclic) bond motifs is 2. The molecule has 0 saturated carbocycles. The minimum atomic E-state index is -0.362. The number of likely N-dealkylation sites (tertiary alicyclic amines) is 1. The predicted molar refractivity (Wildman–Crippen MR) is 125 cm³/mol. The van der Waals surface area contributed by atoms with Crippen LogP contribution in [0.25, 0.3) is 21.1 Å². The van der Waals surface area contributed by atoms with Crippen LogP contribution in [-0.4, -0.2) is 39.8 Å². The lowest BCUT2D eigenvalue weighted by molar-refractivity contribution is -0.128. The van der Waals surface area contributed by atoms with Crippen molar-refractivity contribution in [2.24, 2.45) is 5.92 Å². The second-order valence-electron chi connectivity index (χ2n) is 7.97. The molecule has 1 aliphatic heterocycles. The zero-order valence-electron chi connectivity index (χ0n) is 16.9. The number of halogens is 1. The topological polar surface area (TPSA) is 78.1 Å². The highest BCUT2D eigenvalue weighted by molar-refractivity contribution is 7.22. The van der Waals surface area contributed by atoms with Crippen LogP contribution in [0, 0.1) is 12.8 Å². The van der Waals surface area contributed by atoms with E-state index in [4.69, 9.17) is 11.6 Å². The summed E-state index contributed by atoms with van der Waals surface area (Å²) in [5.74, 6) is -0.498. The summed E-state index contributed by atoms with van der Waals surface area (Å²) in [5.41, 5.74) is 4.16. The number of nitrogens with zero attached hydrogens (tertiary/aromatic N) is 2. The summed E-state index contributed by atoms with van der Waals surface area (Å²) in [6.07, 6.45) is 2.90. The summed E-state index contributed by atoms with van der Waals surface area (Å²) < 4.78 is 1.04. The number of anilines is 1. The maximum Gasteiger partial charge on any atom is 0.231 e. The number of amides is 2. The number of rotatable bonds is 5. The van der Waals surface area contributed by atoms with E-state index in [1.165, 1.54) is 11.3 Å². The molecule has 6 nitrogen and oxygen atoms in total. The summed E-state index contributed by atoms with van der Waals surface area (Å²) in [6.45, 7) is 3.03. The van der Waals surface area contributed by atoms with Crippen LogP contribution in [0.3, 0.4) is 0 Å². The van der Waals surface area contributed by atoms with Gasteiger partial charge >= 0.3 is 0 Å². The van der Waals surface area contributed by atoms with E-state index in [1.54, 1.807) is 4.90 Å². The van der Waals surface area contributed by atoms with Gasteiger partial charge in [-0.1, -0.05) is 29.0 Å². The smallest absolute Gasteiger partial charge is 0.231 e. The van der Waals surface area contributed by atoms with Crippen LogP contribution >= 0.6 is 22.9 Å². The highest BCUT2D eigenvalue weighted by Crippen LogP contribution is 2.28. The fraction of sp³-hybridized carbons (Fsp3) is 0.261. The van der Waals surface area contributed by atoms with Crippen molar-refractivity contribution >= 4 is 61.0 Å². The van der Waals surface area contributed by atoms with Gasteiger partial charge in [0.2, 0.25) is 11.8 Å². The van der Waals surface area contributed by atoms with Gasteiger partial charge in [0.25, 0.3) is 0 Å². The molecule has 2 amide bonds. The van der Waals surface area contributed by atoms with Crippen LogP contribution in [0.4, 0.5) is 5.13 Å². The SMILES string of the molecule is Cc1ccc2nc(NC(=O)C3CC(=O)N(CCc4c[nH]c5ccc(Cl)cc45)C3)sc2c1. The van der Waals surface area contributed by atoms with Crippen molar-refractivity contribution in [1.29, 1.82) is 0 Å². The van der Waals surface area contributed by atoms with Crippen LogP contribution in [0.1, 0.15) is 17.5 Å². The van der Waals surface area contributed by atoms with Crippen molar-refractivity contribution in [3.05, 3.63) is 58.7 Å². The average molecular weight is 453 g/mol. The van der Waals surface area contributed by atoms with Crippen molar-refractivity contribution < 1.29 is 9.59 Å². The third kappa shape index (κ3) is 4.03. The third-order valence-electron chi connectivity index (χ3n) is 5.74. The molecule has 1 aliphatic rings. The summed E-state index contributed by atoms with van der Waals surface area (Å²) in [5, 5.41) is 5.24. The van der Waals surface area contributed by atoms with E-state index >= 15 is 0 Å². The molecular weight excluding hydrogens is 432 g/mol. The van der Waals surface area contributed by atoms with Gasteiger partial charge in [-0.15, -0.1) is 0 Å². The van der Waals surface area contributed by atoms with Gasteiger partial charge in [-0.25, -0.2) is 4.98 Å². The lowest BCUT2D eigenvalue weighted by atomic mass is 10.1. The van der Waals surface area contributed by atoms with Crippen molar-refractivity contribution in [2.75, 3.05) is 18.4 Å². The van der Waals surface area contributed by atoms with E-state index in [1.807, 2.05) is 43.5 Å². The Bertz CT molecular complexity index is 1310. The molecule has 8 heteroatoms. The first-order valence-electron chi connectivity index (χ1n) is 10.2. The van der Waals surface area contributed by atoms with Gasteiger partial charge < -0.3 is 15.2 Å². The highest BCUT2D eigenvalue weighted by Gasteiger charge is 2.34.